The smallest absolute Gasteiger partial charge is 0.0892 e. The highest BCUT2D eigenvalue weighted by atomic mass is 16.6. The summed E-state index contributed by atoms with van der Waals surface area (Å²) in [6, 6.07) is 0.766. The van der Waals surface area contributed by atoms with Crippen LogP contribution in [0, 0.1) is 20.8 Å². The van der Waals surface area contributed by atoms with Crippen molar-refractivity contribution in [2.24, 2.45) is 22.0 Å². The Hall–Kier alpha value is -2.20. The lowest BCUT2D eigenvalue weighted by atomic mass is 10.3. The second-order valence-electron chi connectivity index (χ2n) is 8.18. The van der Waals surface area contributed by atoms with Crippen LogP contribution < -0.4 is 27.4 Å². The summed E-state index contributed by atoms with van der Waals surface area (Å²) in [5.74, 6) is 0. The van der Waals surface area contributed by atoms with E-state index in [0.717, 1.165) is 38.9 Å². The molecule has 0 aromatic heterocycles. The third-order valence-corrected chi connectivity index (χ3v) is 4.41. The zero-order valence-corrected chi connectivity index (χ0v) is 21.3. The summed E-state index contributed by atoms with van der Waals surface area (Å²) in [5.41, 5.74) is 10.7. The van der Waals surface area contributed by atoms with E-state index >= 15 is 0 Å². The normalized spacial score (nSPS) is 12.1. The molecule has 34 heavy (non-hydrogen) atoms. The van der Waals surface area contributed by atoms with Crippen LogP contribution in [-0.4, -0.2) is 97.5 Å². The van der Waals surface area contributed by atoms with Gasteiger partial charge in [-0.2, -0.15) is 0 Å². The average Bonchev–Trinajstić information content (AvgIpc) is 2.81. The average molecular weight is 494 g/mol. The molecule has 0 heterocycles. The number of nitrogens with zero attached hydrogens (tertiary/aromatic N) is 6. The molecule has 0 rings (SSSR count). The Morgan fingerprint density at radius 3 is 1.62 bits per heavy atom. The van der Waals surface area contributed by atoms with E-state index in [1.165, 1.54) is 10.0 Å². The van der Waals surface area contributed by atoms with Crippen LogP contribution in [-0.2, 0) is 0 Å². The van der Waals surface area contributed by atoms with Crippen LogP contribution in [0.3, 0.4) is 0 Å². The fourth-order valence-electron chi connectivity index (χ4n) is 2.69. The highest BCUT2D eigenvalue weighted by Crippen LogP contribution is 1.96. The van der Waals surface area contributed by atoms with Crippen LogP contribution in [0.2, 0.25) is 0 Å². The van der Waals surface area contributed by atoms with Crippen molar-refractivity contribution in [2.75, 3.05) is 65.4 Å². The maximum atomic E-state index is 11.3. The second-order valence-corrected chi connectivity index (χ2v) is 8.18. The van der Waals surface area contributed by atoms with Gasteiger partial charge in [-0.15, -0.1) is 10.0 Å². The molecule has 0 radical (unpaired) electrons. The molecule has 0 atom stereocenters. The van der Waals surface area contributed by atoms with Gasteiger partial charge >= 0.3 is 0 Å². The molecule has 0 fully saturated rings. The quantitative estimate of drug-likeness (QED) is 0.0657. The predicted octanol–water partition coefficient (Wildman–Crippen LogP) is 0.000700. The van der Waals surface area contributed by atoms with Gasteiger partial charge < -0.3 is 48.2 Å². The van der Waals surface area contributed by atoms with E-state index in [0.29, 0.717) is 57.9 Å². The number of hydrazine groups is 2. The van der Waals surface area contributed by atoms with Gasteiger partial charge in [0.25, 0.3) is 0 Å². The summed E-state index contributed by atoms with van der Waals surface area (Å²) in [6.45, 7) is 14.0. The maximum Gasteiger partial charge on any atom is 0.0892 e. The van der Waals surface area contributed by atoms with Crippen molar-refractivity contribution >= 4 is 0 Å². The van der Waals surface area contributed by atoms with Crippen LogP contribution in [0.15, 0.2) is 10.6 Å². The molecule has 7 N–H and O–H groups in total. The van der Waals surface area contributed by atoms with E-state index in [-0.39, 0.29) is 9.94 Å². The minimum atomic E-state index is 0.0366. The Labute approximate surface area is 203 Å². The Morgan fingerprint density at radius 2 is 1.15 bits per heavy atom. The molecule has 0 saturated carbocycles. The molecule has 15 nitrogen and oxygen atoms in total. The minimum absolute atomic E-state index is 0.0366. The molecule has 15 heteroatoms. The fraction of sp³-hybridized carbons (Fsp3) is 1.00. The highest BCUT2D eigenvalue weighted by Gasteiger charge is 2.11. The number of rotatable bonds is 20. The van der Waals surface area contributed by atoms with Crippen LogP contribution in [0.25, 0.3) is 0 Å². The molecule has 0 aliphatic rings. The molecule has 0 spiro atoms. The van der Waals surface area contributed by atoms with E-state index in [1.807, 2.05) is 13.8 Å². The molecule has 0 aliphatic heterocycles. The third kappa shape index (κ3) is 21.6. The summed E-state index contributed by atoms with van der Waals surface area (Å²) in [4.78, 5) is 0.185. The lowest BCUT2D eigenvalue weighted by Gasteiger charge is -2.20. The van der Waals surface area contributed by atoms with Gasteiger partial charge in [-0.1, -0.05) is 27.7 Å². The molecule has 204 valence electrons. The van der Waals surface area contributed by atoms with Crippen LogP contribution >= 0.6 is 0 Å². The Balaban J connectivity index is 0. The molecular weight excluding hydrogens is 446 g/mol. The first kappa shape index (κ1) is 34.0. The minimum Gasteiger partial charge on any atom is -0.737 e. The molecule has 0 aliphatic carbocycles. The van der Waals surface area contributed by atoms with Crippen LogP contribution in [0.4, 0.5) is 0 Å². The van der Waals surface area contributed by atoms with Crippen molar-refractivity contribution in [3.63, 3.8) is 0 Å². The molecule has 0 aromatic carbocycles. The van der Waals surface area contributed by atoms with E-state index in [2.05, 4.69) is 40.4 Å². The van der Waals surface area contributed by atoms with Gasteiger partial charge in [0, 0.05) is 35.1 Å². The topological polar surface area (TPSA) is 218 Å². The number of nitrogens with one attached hydrogen (secondary N) is 3. The zero-order chi connectivity index (χ0) is 26.2. The zero-order valence-electron chi connectivity index (χ0n) is 21.3. The number of nitrogens with two attached hydrogens (primary N) is 2. The Morgan fingerprint density at radius 1 is 0.676 bits per heavy atom. The van der Waals surface area contributed by atoms with Crippen LogP contribution in [0.1, 0.15) is 47.0 Å². The Bertz CT molecular complexity index is 511. The van der Waals surface area contributed by atoms with Gasteiger partial charge in [0.1, 0.15) is 0 Å². The molecular formula is C19H47N11O4-2. The van der Waals surface area contributed by atoms with Crippen molar-refractivity contribution < 1.29 is 9.94 Å². The third-order valence-electron chi connectivity index (χ3n) is 4.41. The summed E-state index contributed by atoms with van der Waals surface area (Å²) >= 11 is 0. The number of hydrogen-bond acceptors (Lipinski definition) is 11. The summed E-state index contributed by atoms with van der Waals surface area (Å²) in [6.07, 6.45) is 2.53. The fourth-order valence-corrected chi connectivity index (χ4v) is 2.69. The highest BCUT2D eigenvalue weighted by molar-refractivity contribution is 4.57. The first-order valence-electron chi connectivity index (χ1n) is 11.9. The van der Waals surface area contributed by atoms with Gasteiger partial charge in [-0.05, 0) is 56.0 Å². The largest absolute Gasteiger partial charge is 0.737 e. The lowest BCUT2D eigenvalue weighted by molar-refractivity contribution is -0.690. The molecule has 0 unspecified atom stereocenters. The monoisotopic (exact) mass is 493 g/mol. The van der Waals surface area contributed by atoms with E-state index < -0.39 is 0 Å². The predicted molar refractivity (Wildman–Crippen MR) is 133 cm³/mol. The van der Waals surface area contributed by atoms with Gasteiger partial charge in [0.15, 0.2) is 0 Å². The van der Waals surface area contributed by atoms with Gasteiger partial charge in [-0.3, -0.25) is 0 Å². The summed E-state index contributed by atoms with van der Waals surface area (Å²) in [7, 11) is 0. The summed E-state index contributed by atoms with van der Waals surface area (Å²) in [5, 5.41) is 59.5. The maximum absolute atomic E-state index is 11.3. The van der Waals surface area contributed by atoms with E-state index in [4.69, 9.17) is 11.5 Å². The number of hydrogen-bond donors (Lipinski definition) is 5. The standard InChI is InChI=1S/C12H30N6O2.C7H19N5O2/c1-12(2)15-9-5-11-17(18(20)16-19)10-4-8-14-7-3-6-13;1-7(2)9-4-6-11(5-3-8)12(14)10-13/h12,14-15,19H,3-11,13H2,1-2H3;7,9,13H,3-6,8H2,1-2H3/p-2/b18-16-;12-10-. The van der Waals surface area contributed by atoms with Gasteiger partial charge in [-0.25, -0.2) is 0 Å². The van der Waals surface area contributed by atoms with Crippen molar-refractivity contribution in [1.29, 1.82) is 0 Å². The Kier molecular flexibility index (Phi) is 23.9. The van der Waals surface area contributed by atoms with E-state index in [9.17, 15) is 20.8 Å². The van der Waals surface area contributed by atoms with Crippen molar-refractivity contribution in [3.8, 4) is 0 Å². The van der Waals surface area contributed by atoms with Crippen molar-refractivity contribution in [3.05, 3.63) is 20.8 Å². The van der Waals surface area contributed by atoms with Gasteiger partial charge in [0.2, 0.25) is 0 Å². The lowest BCUT2D eigenvalue weighted by Crippen LogP contribution is -2.41. The molecule has 0 bridgehead atoms. The molecule has 0 amide bonds. The molecule has 0 saturated heterocycles. The van der Waals surface area contributed by atoms with Crippen molar-refractivity contribution in [2.45, 2.75) is 59.0 Å². The van der Waals surface area contributed by atoms with Crippen molar-refractivity contribution in [1.82, 2.24) is 26.0 Å². The second kappa shape index (κ2) is 23.9. The first-order chi connectivity index (χ1) is 16.2. The van der Waals surface area contributed by atoms with E-state index in [1.54, 1.807) is 0 Å². The SMILES string of the molecule is CC(C)NCCCN(CCCNCCCN)/[N+]([O-])=N/[O-].CC(C)NCCN(CCN)/[N+]([O-])=N/[O-]. The van der Waals surface area contributed by atoms with Crippen LogP contribution in [0.5, 0.6) is 0 Å². The summed E-state index contributed by atoms with van der Waals surface area (Å²) < 4.78 is 0. The molecule has 0 aromatic rings. The van der Waals surface area contributed by atoms with Gasteiger partial charge in [0.05, 0.1) is 26.2 Å². The first-order valence-corrected chi connectivity index (χ1v) is 11.9.